The first-order chi connectivity index (χ1) is 11.2. The van der Waals surface area contributed by atoms with Crippen LogP contribution in [0.1, 0.15) is 73.6 Å². The second kappa shape index (κ2) is 19.6. The van der Waals surface area contributed by atoms with E-state index in [1.807, 2.05) is 33.8 Å². The molecule has 0 aromatic heterocycles. The molecule has 1 aliphatic rings. The van der Waals surface area contributed by atoms with Crippen molar-refractivity contribution in [3.8, 4) is 0 Å². The van der Waals surface area contributed by atoms with Gasteiger partial charge in [-0.2, -0.15) is 60.6 Å². The van der Waals surface area contributed by atoms with Crippen molar-refractivity contribution in [3.05, 3.63) is 18.8 Å². The number of hydrogen-bond donors (Lipinski definition) is 0. The summed E-state index contributed by atoms with van der Waals surface area (Å²) in [5, 5.41) is 0. The number of rotatable bonds is 0. The zero-order chi connectivity index (χ0) is 18.3. The van der Waals surface area contributed by atoms with Crippen LogP contribution in [0.15, 0.2) is 12.2 Å². The smallest absolute Gasteiger partial charge is 0.274 e. The molecule has 1 aliphatic heterocycles. The summed E-state index contributed by atoms with van der Waals surface area (Å²) in [5.41, 5.74) is -0.524. The van der Waals surface area contributed by atoms with Gasteiger partial charge < -0.3 is 4.74 Å². The zero-order valence-corrected chi connectivity index (χ0v) is 25.6. The Morgan fingerprint density at radius 3 is 2.10 bits per heavy atom. The number of esters is 1. The van der Waals surface area contributed by atoms with Crippen molar-refractivity contribution in [2.45, 2.75) is 73.6 Å². The summed E-state index contributed by atoms with van der Waals surface area (Å²) < 4.78 is 5.18. The molecule has 176 valence electrons. The summed E-state index contributed by atoms with van der Waals surface area (Å²) in [6.45, 7) is 14.0. The van der Waals surface area contributed by atoms with Gasteiger partial charge in [-0.25, -0.2) is 0 Å². The topological polar surface area (TPSA) is 43.4 Å². The standard InChI is InChI=1S/C21H35O3.4H2S.W/c1-15-12-10-8-7-9-11-13-24-19(22)14-16(2)21(5,6)20(23)18(4)17(15)3;;;;;/h7,9,13,15-18H,8,10-12,14H2,1-6H3;4*1H2;/q-1;;;;;/b9-7-;;;;;/t15-,16+,17+,18-;;;;;/m1...../s1. The number of carbonyl (C=O) groups is 2. The van der Waals surface area contributed by atoms with E-state index in [1.54, 1.807) is 6.61 Å². The first kappa shape index (κ1) is 40.3. The Kier molecular flexibility index (Phi) is 27.3. The van der Waals surface area contributed by atoms with Crippen LogP contribution in [0.2, 0.25) is 0 Å². The van der Waals surface area contributed by atoms with Crippen molar-refractivity contribution in [1.29, 1.82) is 0 Å². The maximum atomic E-state index is 13.1. The second-order valence-corrected chi connectivity index (χ2v) is 8.11. The molecule has 0 aromatic carbocycles. The molecule has 1 rings (SSSR count). The van der Waals surface area contributed by atoms with Gasteiger partial charge in [0.2, 0.25) is 0 Å². The quantitative estimate of drug-likeness (QED) is 0.188. The molecule has 8 heteroatoms. The van der Waals surface area contributed by atoms with E-state index in [9.17, 15) is 9.59 Å². The van der Waals surface area contributed by atoms with Gasteiger partial charge in [0, 0.05) is 38.8 Å². The molecule has 0 fully saturated rings. The predicted molar refractivity (Wildman–Crippen MR) is 140 cm³/mol. The summed E-state index contributed by atoms with van der Waals surface area (Å²) in [6.07, 6.45) is 8.41. The van der Waals surface area contributed by atoms with E-state index in [1.165, 1.54) is 0 Å². The van der Waals surface area contributed by atoms with Gasteiger partial charge in [-0.15, -0.1) is 12.5 Å². The minimum absolute atomic E-state index is 0. The molecule has 29 heavy (non-hydrogen) atoms. The molecule has 4 atom stereocenters. The van der Waals surface area contributed by atoms with Crippen LogP contribution in [0.4, 0.5) is 0 Å². The van der Waals surface area contributed by atoms with Gasteiger partial charge >= 0.3 is 0 Å². The maximum Gasteiger partial charge on any atom is 0.274 e. The third-order valence-electron chi connectivity index (χ3n) is 6.08. The normalized spacial score (nSPS) is 29.2. The number of Topliss-reactive ketones (excluding diaryl/α,β-unsaturated/α-hetero) is 1. The van der Waals surface area contributed by atoms with Crippen LogP contribution in [0.5, 0.6) is 0 Å². The molecule has 0 saturated heterocycles. The third kappa shape index (κ3) is 13.2. The van der Waals surface area contributed by atoms with Crippen LogP contribution in [0.3, 0.4) is 0 Å². The fourth-order valence-electron chi connectivity index (χ4n) is 3.35. The van der Waals surface area contributed by atoms with Crippen molar-refractivity contribution in [2.24, 2.45) is 29.1 Å². The first-order valence-electron chi connectivity index (χ1n) is 9.38. The minimum Gasteiger partial charge on any atom is -0.637 e. The SMILES string of the molecule is C[C@H]1[C@H](C)CCC/C=C\C[CH-]OC(=O)C[C@H](C)C(C)(C)C(=O)[C@@H]1C.S.S.S.S.[W]. The van der Waals surface area contributed by atoms with Crippen molar-refractivity contribution in [3.63, 3.8) is 0 Å². The van der Waals surface area contributed by atoms with Gasteiger partial charge in [0.1, 0.15) is 5.78 Å². The molecule has 0 saturated carbocycles. The molecule has 0 radical (unpaired) electrons. The van der Waals surface area contributed by atoms with Crippen LogP contribution in [-0.2, 0) is 35.4 Å². The van der Waals surface area contributed by atoms with Gasteiger partial charge in [0.05, 0.1) is 0 Å². The average molecular weight is 656 g/mol. The van der Waals surface area contributed by atoms with Crippen LogP contribution in [0.25, 0.3) is 0 Å². The Morgan fingerprint density at radius 1 is 1.00 bits per heavy atom. The Balaban J connectivity index is -0.000000384. The summed E-state index contributed by atoms with van der Waals surface area (Å²) in [5.74, 6) is 0.841. The molecule has 0 unspecified atom stereocenters. The van der Waals surface area contributed by atoms with E-state index in [4.69, 9.17) is 4.74 Å². The molecule has 0 aliphatic carbocycles. The second-order valence-electron chi connectivity index (χ2n) is 8.11. The molecule has 1 heterocycles. The number of hydrogen-bond acceptors (Lipinski definition) is 3. The van der Waals surface area contributed by atoms with Gasteiger partial charge in [0.25, 0.3) is 5.97 Å². The van der Waals surface area contributed by atoms with Gasteiger partial charge in [-0.3, -0.25) is 9.59 Å². The van der Waals surface area contributed by atoms with Crippen molar-refractivity contribution in [1.82, 2.24) is 0 Å². The van der Waals surface area contributed by atoms with E-state index >= 15 is 0 Å². The van der Waals surface area contributed by atoms with Gasteiger partial charge in [-0.05, 0) is 30.6 Å². The Labute approximate surface area is 221 Å². The predicted octanol–water partition coefficient (Wildman–Crippen LogP) is 5.80. The Hall–Kier alpha value is 0.968. The maximum absolute atomic E-state index is 13.1. The van der Waals surface area contributed by atoms with E-state index in [0.717, 1.165) is 19.3 Å². The Bertz CT molecular complexity index is 473. The van der Waals surface area contributed by atoms with Crippen LogP contribution in [0, 0.1) is 35.7 Å². The third-order valence-corrected chi connectivity index (χ3v) is 6.08. The van der Waals surface area contributed by atoms with Crippen LogP contribution < -0.4 is 0 Å². The van der Waals surface area contributed by atoms with E-state index in [2.05, 4.69) is 19.9 Å². The first-order valence-corrected chi connectivity index (χ1v) is 9.38. The van der Waals surface area contributed by atoms with Gasteiger partial charge in [0.15, 0.2) is 0 Å². The number of ketones is 1. The molecule has 3 nitrogen and oxygen atoms in total. The average Bonchev–Trinajstić information content (AvgIpc) is 2.53. The fraction of sp³-hybridized carbons (Fsp3) is 0.762. The van der Waals surface area contributed by atoms with E-state index in [-0.39, 0.29) is 105 Å². The van der Waals surface area contributed by atoms with E-state index in [0.29, 0.717) is 18.3 Å². The summed E-state index contributed by atoms with van der Waals surface area (Å²) >= 11 is 0. The largest absolute Gasteiger partial charge is 0.637 e. The molecule has 0 bridgehead atoms. The minimum atomic E-state index is -0.524. The number of allylic oxidation sites excluding steroid dienone is 1. The van der Waals surface area contributed by atoms with Crippen LogP contribution in [-0.4, -0.2) is 11.8 Å². The molecular formula is C21H43O3S4W-. The summed E-state index contributed by atoms with van der Waals surface area (Å²) in [6, 6.07) is 0. The van der Waals surface area contributed by atoms with Crippen LogP contribution >= 0.6 is 54.0 Å². The fourth-order valence-corrected chi connectivity index (χ4v) is 3.35. The number of cyclic esters (lactones) is 1. The monoisotopic (exact) mass is 655 g/mol. The van der Waals surface area contributed by atoms with Crippen molar-refractivity contribution >= 4 is 65.7 Å². The van der Waals surface area contributed by atoms with Gasteiger partial charge in [-0.1, -0.05) is 54.0 Å². The summed E-state index contributed by atoms with van der Waals surface area (Å²) in [4.78, 5) is 25.1. The molecule has 0 amide bonds. The zero-order valence-electron chi connectivity index (χ0n) is 18.7. The van der Waals surface area contributed by atoms with Crippen molar-refractivity contribution < 1.29 is 35.4 Å². The summed E-state index contributed by atoms with van der Waals surface area (Å²) in [7, 11) is 0. The molecule has 0 spiro atoms. The Morgan fingerprint density at radius 2 is 1.55 bits per heavy atom. The molecular weight excluding hydrogens is 612 g/mol. The van der Waals surface area contributed by atoms with Crippen molar-refractivity contribution in [2.75, 3.05) is 0 Å². The van der Waals surface area contributed by atoms with E-state index < -0.39 is 5.41 Å². The number of carbonyl (C=O) groups excluding carboxylic acids is 2. The number of ether oxygens (including phenoxy) is 1. The molecule has 0 N–H and O–H groups in total. The molecule has 0 aromatic rings.